The SMILES string of the molecule is COc1ccc(C(=O)N2CCNCC2)cc1OC. The third-order valence-corrected chi connectivity index (χ3v) is 3.03. The maximum atomic E-state index is 12.3. The summed E-state index contributed by atoms with van der Waals surface area (Å²) < 4.78 is 10.4. The fourth-order valence-electron chi connectivity index (χ4n) is 2.02. The Balaban J connectivity index is 2.19. The topological polar surface area (TPSA) is 50.8 Å². The Morgan fingerprint density at radius 2 is 1.83 bits per heavy atom. The van der Waals surface area contributed by atoms with Crippen LogP contribution in [0.2, 0.25) is 0 Å². The standard InChI is InChI=1S/C13H18N2O3/c1-17-11-4-3-10(9-12(11)18-2)13(16)15-7-5-14-6-8-15/h3-4,9,14H,5-8H2,1-2H3. The lowest BCUT2D eigenvalue weighted by Gasteiger charge is -2.27. The molecule has 0 saturated carbocycles. The molecule has 1 N–H and O–H groups in total. The molecule has 0 aliphatic carbocycles. The summed E-state index contributed by atoms with van der Waals surface area (Å²) in [5.41, 5.74) is 0.634. The van der Waals surface area contributed by atoms with E-state index in [1.165, 1.54) is 0 Å². The first kappa shape index (κ1) is 12.7. The maximum Gasteiger partial charge on any atom is 0.254 e. The Morgan fingerprint density at radius 1 is 1.17 bits per heavy atom. The molecule has 1 aromatic rings. The van der Waals surface area contributed by atoms with E-state index < -0.39 is 0 Å². The van der Waals surface area contributed by atoms with Crippen LogP contribution in [-0.4, -0.2) is 51.2 Å². The quantitative estimate of drug-likeness (QED) is 0.860. The van der Waals surface area contributed by atoms with Crippen LogP contribution in [0.15, 0.2) is 18.2 Å². The van der Waals surface area contributed by atoms with Gasteiger partial charge in [-0.1, -0.05) is 0 Å². The summed E-state index contributed by atoms with van der Waals surface area (Å²) in [4.78, 5) is 14.1. The predicted octanol–water partition coefficient (Wildman–Crippen LogP) is 0.749. The van der Waals surface area contributed by atoms with Crippen molar-refractivity contribution in [2.24, 2.45) is 0 Å². The minimum absolute atomic E-state index is 0.0393. The number of benzene rings is 1. The highest BCUT2D eigenvalue weighted by molar-refractivity contribution is 5.95. The molecule has 18 heavy (non-hydrogen) atoms. The highest BCUT2D eigenvalue weighted by Crippen LogP contribution is 2.28. The summed E-state index contributed by atoms with van der Waals surface area (Å²) in [6, 6.07) is 5.25. The van der Waals surface area contributed by atoms with Gasteiger partial charge in [0.1, 0.15) is 0 Å². The molecular formula is C13H18N2O3. The van der Waals surface area contributed by atoms with Crippen molar-refractivity contribution >= 4 is 5.91 Å². The fraction of sp³-hybridized carbons (Fsp3) is 0.462. The molecule has 0 bridgehead atoms. The Morgan fingerprint density at radius 3 is 2.44 bits per heavy atom. The second-order valence-electron chi connectivity index (χ2n) is 4.11. The van der Waals surface area contributed by atoms with E-state index in [2.05, 4.69) is 5.32 Å². The van der Waals surface area contributed by atoms with Crippen LogP contribution < -0.4 is 14.8 Å². The molecule has 1 aliphatic heterocycles. The van der Waals surface area contributed by atoms with Gasteiger partial charge in [-0.25, -0.2) is 0 Å². The Bertz CT molecular complexity index is 428. The third kappa shape index (κ3) is 2.56. The number of carbonyl (C=O) groups excluding carboxylic acids is 1. The van der Waals surface area contributed by atoms with Gasteiger partial charge in [0.05, 0.1) is 14.2 Å². The number of nitrogens with one attached hydrogen (secondary N) is 1. The monoisotopic (exact) mass is 250 g/mol. The molecular weight excluding hydrogens is 232 g/mol. The predicted molar refractivity (Wildman–Crippen MR) is 68.3 cm³/mol. The smallest absolute Gasteiger partial charge is 0.254 e. The van der Waals surface area contributed by atoms with Crippen LogP contribution in [-0.2, 0) is 0 Å². The maximum absolute atomic E-state index is 12.3. The number of piperazine rings is 1. The molecule has 0 aromatic heterocycles. The zero-order valence-corrected chi connectivity index (χ0v) is 10.7. The summed E-state index contributed by atoms with van der Waals surface area (Å²) in [5.74, 6) is 1.25. The number of amides is 1. The summed E-state index contributed by atoms with van der Waals surface area (Å²) >= 11 is 0. The summed E-state index contributed by atoms with van der Waals surface area (Å²) in [6.45, 7) is 3.18. The van der Waals surface area contributed by atoms with E-state index in [1.54, 1.807) is 32.4 Å². The number of carbonyl (C=O) groups is 1. The lowest BCUT2D eigenvalue weighted by atomic mass is 10.1. The van der Waals surface area contributed by atoms with Crippen LogP contribution in [0.25, 0.3) is 0 Å². The highest BCUT2D eigenvalue weighted by Gasteiger charge is 2.19. The van der Waals surface area contributed by atoms with Gasteiger partial charge in [-0.15, -0.1) is 0 Å². The van der Waals surface area contributed by atoms with E-state index in [9.17, 15) is 4.79 Å². The van der Waals surface area contributed by atoms with Crippen molar-refractivity contribution in [3.8, 4) is 11.5 Å². The van der Waals surface area contributed by atoms with Gasteiger partial charge in [0.15, 0.2) is 11.5 Å². The van der Waals surface area contributed by atoms with E-state index in [-0.39, 0.29) is 5.91 Å². The van der Waals surface area contributed by atoms with E-state index in [0.717, 1.165) is 26.2 Å². The van der Waals surface area contributed by atoms with E-state index in [4.69, 9.17) is 9.47 Å². The van der Waals surface area contributed by atoms with Crippen molar-refractivity contribution in [3.05, 3.63) is 23.8 Å². The summed E-state index contributed by atoms with van der Waals surface area (Å²) in [5, 5.41) is 3.22. The molecule has 0 radical (unpaired) electrons. The Labute approximate surface area is 107 Å². The van der Waals surface area contributed by atoms with Gasteiger partial charge in [-0.3, -0.25) is 4.79 Å². The molecule has 1 amide bonds. The van der Waals surface area contributed by atoms with Crippen LogP contribution in [0.1, 0.15) is 10.4 Å². The first-order valence-electron chi connectivity index (χ1n) is 5.98. The van der Waals surface area contributed by atoms with Crippen molar-refractivity contribution in [1.29, 1.82) is 0 Å². The average molecular weight is 250 g/mol. The van der Waals surface area contributed by atoms with Gasteiger partial charge in [-0.05, 0) is 18.2 Å². The number of rotatable bonds is 3. The molecule has 1 heterocycles. The largest absolute Gasteiger partial charge is 0.493 e. The van der Waals surface area contributed by atoms with Gasteiger partial charge < -0.3 is 19.7 Å². The molecule has 0 spiro atoms. The van der Waals surface area contributed by atoms with Crippen molar-refractivity contribution in [1.82, 2.24) is 10.2 Å². The van der Waals surface area contributed by atoms with Gasteiger partial charge in [0, 0.05) is 31.7 Å². The van der Waals surface area contributed by atoms with E-state index in [1.807, 2.05) is 4.90 Å². The molecule has 5 heteroatoms. The molecule has 5 nitrogen and oxygen atoms in total. The average Bonchev–Trinajstić information content (AvgIpc) is 2.46. The van der Waals surface area contributed by atoms with Crippen molar-refractivity contribution in [3.63, 3.8) is 0 Å². The molecule has 1 aliphatic rings. The van der Waals surface area contributed by atoms with Crippen molar-refractivity contribution in [2.75, 3.05) is 40.4 Å². The lowest BCUT2D eigenvalue weighted by molar-refractivity contribution is 0.0735. The number of methoxy groups -OCH3 is 2. The first-order chi connectivity index (χ1) is 8.76. The molecule has 1 saturated heterocycles. The number of hydrogen-bond donors (Lipinski definition) is 1. The van der Waals surface area contributed by atoms with Gasteiger partial charge in [-0.2, -0.15) is 0 Å². The minimum Gasteiger partial charge on any atom is -0.493 e. The van der Waals surface area contributed by atoms with E-state index in [0.29, 0.717) is 17.1 Å². The molecule has 0 unspecified atom stereocenters. The number of nitrogens with zero attached hydrogens (tertiary/aromatic N) is 1. The van der Waals surface area contributed by atoms with Gasteiger partial charge in [0.2, 0.25) is 0 Å². The Kier molecular flexibility index (Phi) is 4.04. The lowest BCUT2D eigenvalue weighted by Crippen LogP contribution is -2.46. The van der Waals surface area contributed by atoms with Crippen LogP contribution in [0, 0.1) is 0 Å². The van der Waals surface area contributed by atoms with Crippen molar-refractivity contribution in [2.45, 2.75) is 0 Å². The third-order valence-electron chi connectivity index (χ3n) is 3.03. The van der Waals surface area contributed by atoms with Crippen molar-refractivity contribution < 1.29 is 14.3 Å². The van der Waals surface area contributed by atoms with E-state index >= 15 is 0 Å². The fourth-order valence-corrected chi connectivity index (χ4v) is 2.02. The van der Waals surface area contributed by atoms with Crippen LogP contribution in [0.3, 0.4) is 0 Å². The van der Waals surface area contributed by atoms with Gasteiger partial charge >= 0.3 is 0 Å². The molecule has 1 fully saturated rings. The summed E-state index contributed by atoms with van der Waals surface area (Å²) in [7, 11) is 3.15. The number of ether oxygens (including phenoxy) is 2. The van der Waals surface area contributed by atoms with Crippen LogP contribution in [0.4, 0.5) is 0 Å². The minimum atomic E-state index is 0.0393. The zero-order valence-electron chi connectivity index (χ0n) is 10.7. The summed E-state index contributed by atoms with van der Waals surface area (Å²) in [6.07, 6.45) is 0. The molecule has 0 atom stereocenters. The van der Waals surface area contributed by atoms with Gasteiger partial charge in [0.25, 0.3) is 5.91 Å². The molecule has 98 valence electrons. The molecule has 2 rings (SSSR count). The van der Waals surface area contributed by atoms with Crippen LogP contribution in [0.5, 0.6) is 11.5 Å². The second-order valence-corrected chi connectivity index (χ2v) is 4.11. The molecule has 1 aromatic carbocycles. The first-order valence-corrected chi connectivity index (χ1v) is 5.98. The zero-order chi connectivity index (χ0) is 13.0. The number of hydrogen-bond acceptors (Lipinski definition) is 4. The normalized spacial score (nSPS) is 15.3. The Hall–Kier alpha value is -1.75. The highest BCUT2D eigenvalue weighted by atomic mass is 16.5. The van der Waals surface area contributed by atoms with Crippen LogP contribution >= 0.6 is 0 Å². The second kappa shape index (κ2) is 5.73.